The van der Waals surface area contributed by atoms with Gasteiger partial charge in [0, 0.05) is 5.56 Å². The maximum Gasteiger partial charge on any atom is 0.305 e. The fourth-order valence-electron chi connectivity index (χ4n) is 2.35. The molecule has 3 rings (SSSR count). The Morgan fingerprint density at radius 3 is 2.76 bits per heavy atom. The summed E-state index contributed by atoms with van der Waals surface area (Å²) in [5.41, 5.74) is 0.871. The third-order valence-corrected chi connectivity index (χ3v) is 3.39. The largest absolute Gasteiger partial charge is 0.481 e. The molecule has 2 aromatic carbocycles. The summed E-state index contributed by atoms with van der Waals surface area (Å²) in [5, 5.41) is 22.8. The molecule has 1 unspecified atom stereocenters. The molecule has 0 fully saturated rings. The van der Waals surface area contributed by atoms with Crippen molar-refractivity contribution in [3.8, 4) is 11.4 Å². The van der Waals surface area contributed by atoms with Crippen LogP contribution >= 0.6 is 0 Å². The lowest BCUT2D eigenvalue weighted by Crippen LogP contribution is -2.13. The molecule has 3 aromatic rings. The number of carboxylic acids is 1. The van der Waals surface area contributed by atoms with Crippen LogP contribution in [0.4, 0.5) is 0 Å². The summed E-state index contributed by atoms with van der Waals surface area (Å²) in [5.74, 6) is -0.294. The summed E-state index contributed by atoms with van der Waals surface area (Å²) in [6.45, 7) is 1.79. The zero-order chi connectivity index (χ0) is 14.8. The number of hydrogen-bond donors (Lipinski definition) is 1. The first-order valence-corrected chi connectivity index (χ1v) is 6.64. The highest BCUT2D eigenvalue weighted by Crippen LogP contribution is 2.24. The van der Waals surface area contributed by atoms with Gasteiger partial charge in [0.2, 0.25) is 0 Å². The third-order valence-electron chi connectivity index (χ3n) is 3.39. The first-order valence-electron chi connectivity index (χ1n) is 6.64. The van der Waals surface area contributed by atoms with Crippen LogP contribution in [-0.2, 0) is 4.79 Å². The minimum absolute atomic E-state index is 0.0222. The van der Waals surface area contributed by atoms with Gasteiger partial charge < -0.3 is 5.11 Å². The van der Waals surface area contributed by atoms with Gasteiger partial charge in [-0.1, -0.05) is 36.4 Å². The van der Waals surface area contributed by atoms with Gasteiger partial charge in [-0.25, -0.2) is 4.68 Å². The number of tetrazole rings is 1. The second-order valence-electron chi connectivity index (χ2n) is 4.96. The zero-order valence-electron chi connectivity index (χ0n) is 11.5. The highest BCUT2D eigenvalue weighted by molar-refractivity contribution is 5.86. The standard InChI is InChI=1S/C15H14N4O2/c1-10(8-14(20)21)19-15(16-17-18-19)13-7-6-11-4-2-3-5-12(11)9-13/h2-7,9-10H,8H2,1H3,(H,20,21). The summed E-state index contributed by atoms with van der Waals surface area (Å²) < 4.78 is 1.55. The maximum absolute atomic E-state index is 10.8. The number of aliphatic carboxylic acids is 1. The van der Waals surface area contributed by atoms with Crippen LogP contribution in [0.5, 0.6) is 0 Å². The fourth-order valence-corrected chi connectivity index (χ4v) is 2.35. The van der Waals surface area contributed by atoms with Crippen molar-refractivity contribution in [3.05, 3.63) is 42.5 Å². The monoisotopic (exact) mass is 282 g/mol. The molecule has 0 aliphatic rings. The maximum atomic E-state index is 10.8. The van der Waals surface area contributed by atoms with Crippen LogP contribution in [0.15, 0.2) is 42.5 Å². The molecule has 0 saturated heterocycles. The summed E-state index contributed by atoms with van der Waals surface area (Å²) in [6, 6.07) is 13.7. The molecule has 106 valence electrons. The predicted octanol–water partition coefficient (Wildman–Crippen LogP) is 2.53. The van der Waals surface area contributed by atoms with E-state index in [1.54, 1.807) is 11.6 Å². The number of benzene rings is 2. The van der Waals surface area contributed by atoms with Gasteiger partial charge in [-0.05, 0) is 34.2 Å². The van der Waals surface area contributed by atoms with Gasteiger partial charge in [0.05, 0.1) is 12.5 Å². The number of nitrogens with zero attached hydrogens (tertiary/aromatic N) is 4. The summed E-state index contributed by atoms with van der Waals surface area (Å²) >= 11 is 0. The summed E-state index contributed by atoms with van der Waals surface area (Å²) in [6.07, 6.45) is -0.0222. The van der Waals surface area contributed by atoms with Gasteiger partial charge in [0.1, 0.15) is 0 Å². The van der Waals surface area contributed by atoms with Crippen LogP contribution in [-0.4, -0.2) is 31.3 Å². The SMILES string of the molecule is CC(CC(=O)O)n1nnnc1-c1ccc2ccccc2c1. The first kappa shape index (κ1) is 13.2. The number of carboxylic acid groups (broad SMARTS) is 1. The topological polar surface area (TPSA) is 80.9 Å². The Labute approximate surface area is 121 Å². The molecule has 0 aliphatic carbocycles. The average Bonchev–Trinajstić information content (AvgIpc) is 2.95. The van der Waals surface area contributed by atoms with E-state index in [0.717, 1.165) is 16.3 Å². The minimum atomic E-state index is -0.873. The Hall–Kier alpha value is -2.76. The quantitative estimate of drug-likeness (QED) is 0.795. The van der Waals surface area contributed by atoms with E-state index in [4.69, 9.17) is 5.11 Å². The average molecular weight is 282 g/mol. The molecule has 0 saturated carbocycles. The van der Waals surface area contributed by atoms with Crippen molar-refractivity contribution in [1.82, 2.24) is 20.2 Å². The van der Waals surface area contributed by atoms with Crippen LogP contribution in [0.25, 0.3) is 22.2 Å². The molecule has 6 nitrogen and oxygen atoms in total. The van der Waals surface area contributed by atoms with Crippen molar-refractivity contribution in [2.75, 3.05) is 0 Å². The van der Waals surface area contributed by atoms with Crippen molar-refractivity contribution in [2.24, 2.45) is 0 Å². The molecule has 0 aliphatic heterocycles. The third kappa shape index (κ3) is 2.60. The lowest BCUT2D eigenvalue weighted by molar-refractivity contribution is -0.137. The van der Waals surface area contributed by atoms with Gasteiger partial charge in [0.25, 0.3) is 0 Å². The minimum Gasteiger partial charge on any atom is -0.481 e. The summed E-state index contributed by atoms with van der Waals surface area (Å²) in [4.78, 5) is 10.8. The first-order chi connectivity index (χ1) is 10.1. The van der Waals surface area contributed by atoms with E-state index in [2.05, 4.69) is 15.5 Å². The molecule has 0 amide bonds. The number of hydrogen-bond acceptors (Lipinski definition) is 4. The zero-order valence-corrected chi connectivity index (χ0v) is 11.5. The molecule has 1 atom stereocenters. The smallest absolute Gasteiger partial charge is 0.305 e. The normalized spacial score (nSPS) is 12.4. The number of aromatic nitrogens is 4. The molecule has 1 aromatic heterocycles. The van der Waals surface area contributed by atoms with Gasteiger partial charge in [-0.2, -0.15) is 0 Å². The Bertz CT molecular complexity index is 797. The molecule has 0 bridgehead atoms. The Kier molecular flexibility index (Phi) is 3.35. The van der Waals surface area contributed by atoms with Crippen molar-refractivity contribution in [3.63, 3.8) is 0 Å². The van der Waals surface area contributed by atoms with Crippen molar-refractivity contribution < 1.29 is 9.90 Å². The predicted molar refractivity (Wildman–Crippen MR) is 77.7 cm³/mol. The van der Waals surface area contributed by atoms with E-state index in [-0.39, 0.29) is 12.5 Å². The molecule has 6 heteroatoms. The van der Waals surface area contributed by atoms with E-state index in [0.29, 0.717) is 5.82 Å². The molecule has 1 N–H and O–H groups in total. The molecular weight excluding hydrogens is 268 g/mol. The van der Waals surface area contributed by atoms with Crippen molar-refractivity contribution in [1.29, 1.82) is 0 Å². The van der Waals surface area contributed by atoms with Gasteiger partial charge in [-0.3, -0.25) is 4.79 Å². The van der Waals surface area contributed by atoms with Crippen molar-refractivity contribution >= 4 is 16.7 Å². The highest BCUT2D eigenvalue weighted by Gasteiger charge is 2.17. The highest BCUT2D eigenvalue weighted by atomic mass is 16.4. The van der Waals surface area contributed by atoms with E-state index in [1.807, 2.05) is 42.5 Å². The van der Waals surface area contributed by atoms with E-state index >= 15 is 0 Å². The van der Waals surface area contributed by atoms with Crippen LogP contribution in [0, 0.1) is 0 Å². The Balaban J connectivity index is 2.03. The van der Waals surface area contributed by atoms with Crippen LogP contribution < -0.4 is 0 Å². The van der Waals surface area contributed by atoms with Crippen LogP contribution in [0.2, 0.25) is 0 Å². The van der Waals surface area contributed by atoms with Gasteiger partial charge in [-0.15, -0.1) is 5.10 Å². The lowest BCUT2D eigenvalue weighted by Gasteiger charge is -2.11. The number of carbonyl (C=O) groups is 1. The second-order valence-corrected chi connectivity index (χ2v) is 4.96. The van der Waals surface area contributed by atoms with Crippen LogP contribution in [0.1, 0.15) is 19.4 Å². The second kappa shape index (κ2) is 5.32. The Morgan fingerprint density at radius 2 is 2.00 bits per heavy atom. The number of fused-ring (bicyclic) bond motifs is 1. The molecule has 0 spiro atoms. The van der Waals surface area contributed by atoms with Crippen LogP contribution in [0.3, 0.4) is 0 Å². The van der Waals surface area contributed by atoms with E-state index in [1.165, 1.54) is 0 Å². The van der Waals surface area contributed by atoms with Crippen molar-refractivity contribution in [2.45, 2.75) is 19.4 Å². The molecule has 21 heavy (non-hydrogen) atoms. The molecule has 1 heterocycles. The van der Waals surface area contributed by atoms with Gasteiger partial charge in [0.15, 0.2) is 5.82 Å². The molecular formula is C15H14N4O2. The molecule has 0 radical (unpaired) electrons. The number of rotatable bonds is 4. The Morgan fingerprint density at radius 1 is 1.24 bits per heavy atom. The van der Waals surface area contributed by atoms with E-state index in [9.17, 15) is 4.79 Å². The summed E-state index contributed by atoms with van der Waals surface area (Å²) in [7, 11) is 0. The van der Waals surface area contributed by atoms with Gasteiger partial charge >= 0.3 is 5.97 Å². The fraction of sp³-hybridized carbons (Fsp3) is 0.200. The lowest BCUT2D eigenvalue weighted by atomic mass is 10.1. The van der Waals surface area contributed by atoms with E-state index < -0.39 is 5.97 Å².